The molecule has 3 aliphatic rings. The number of carbonyl (C=O) groups is 1. The Hall–Kier alpha value is -0.730. The summed E-state index contributed by atoms with van der Waals surface area (Å²) in [5.74, 6) is -0.764. The maximum absolute atomic E-state index is 11.3. The normalized spacial score (nSPS) is 45.0. The lowest BCUT2D eigenvalue weighted by atomic mass is 9.95. The van der Waals surface area contributed by atoms with Crippen molar-refractivity contribution in [3.63, 3.8) is 0 Å². The highest BCUT2D eigenvalue weighted by Crippen LogP contribution is 2.29. The van der Waals surface area contributed by atoms with Crippen LogP contribution in [0.4, 0.5) is 0 Å². The number of carbonyl (C=O) groups excluding carboxylic acids is 1. The van der Waals surface area contributed by atoms with Gasteiger partial charge in [-0.15, -0.1) is 0 Å². The molecule has 0 spiro atoms. The summed E-state index contributed by atoms with van der Waals surface area (Å²) in [6, 6.07) is 0. The molecular weight excluding hydrogens is 208 g/mol. The molecule has 0 aromatic rings. The van der Waals surface area contributed by atoms with Gasteiger partial charge in [-0.3, -0.25) is 4.89 Å². The van der Waals surface area contributed by atoms with Crippen LogP contribution in [0.1, 0.15) is 0 Å². The summed E-state index contributed by atoms with van der Waals surface area (Å²) in [4.78, 5) is 20.4. The van der Waals surface area contributed by atoms with Crippen LogP contribution in [0.2, 0.25) is 0 Å². The van der Waals surface area contributed by atoms with Crippen molar-refractivity contribution in [1.29, 1.82) is 0 Å². The molecule has 15 heavy (non-hydrogen) atoms. The van der Waals surface area contributed by atoms with Gasteiger partial charge in [-0.05, 0) is 0 Å². The van der Waals surface area contributed by atoms with Crippen molar-refractivity contribution >= 4 is 5.97 Å². The molecule has 5 unspecified atom stereocenters. The molecule has 3 aliphatic heterocycles. The third-order valence-electron chi connectivity index (χ3n) is 2.59. The number of methoxy groups -OCH3 is 1. The van der Waals surface area contributed by atoms with Gasteiger partial charge in [0, 0.05) is 7.11 Å². The van der Waals surface area contributed by atoms with E-state index in [1.54, 1.807) is 0 Å². The summed E-state index contributed by atoms with van der Waals surface area (Å²) in [6.07, 6.45) is -4.70. The van der Waals surface area contributed by atoms with Gasteiger partial charge in [0.05, 0.1) is 6.61 Å². The molecule has 86 valence electrons. The van der Waals surface area contributed by atoms with Crippen LogP contribution in [0.25, 0.3) is 0 Å². The van der Waals surface area contributed by atoms with E-state index in [0.717, 1.165) is 0 Å². The molecule has 2 N–H and O–H groups in total. The van der Waals surface area contributed by atoms with Crippen molar-refractivity contribution in [1.82, 2.24) is 0 Å². The van der Waals surface area contributed by atoms with Gasteiger partial charge >= 0.3 is 5.97 Å². The van der Waals surface area contributed by atoms with Gasteiger partial charge in [0.25, 0.3) is 0 Å². The first-order valence-corrected chi connectivity index (χ1v) is 4.53. The maximum atomic E-state index is 11.3. The van der Waals surface area contributed by atoms with E-state index in [4.69, 9.17) is 14.6 Å². The Kier molecular flexibility index (Phi) is 2.89. The van der Waals surface area contributed by atoms with Gasteiger partial charge in [0.15, 0.2) is 12.2 Å². The second kappa shape index (κ2) is 4.03. The fourth-order valence-electron chi connectivity index (χ4n) is 1.80. The number of hydrogen-bond donors (Lipinski definition) is 2. The highest BCUT2D eigenvalue weighted by Gasteiger charge is 2.53. The summed E-state index contributed by atoms with van der Waals surface area (Å²) in [6.45, 7) is -0.370. The highest BCUT2D eigenvalue weighted by molar-refractivity contribution is 5.75. The largest absolute Gasteiger partial charge is 0.394 e. The number of ether oxygens (including phenoxy) is 2. The molecule has 3 saturated heterocycles. The summed E-state index contributed by atoms with van der Waals surface area (Å²) in [5, 5.41) is 18.8. The molecule has 0 amide bonds. The zero-order valence-corrected chi connectivity index (χ0v) is 8.03. The first-order chi connectivity index (χ1) is 7.19. The van der Waals surface area contributed by atoms with E-state index >= 15 is 0 Å². The molecule has 3 rings (SSSR count). The van der Waals surface area contributed by atoms with E-state index in [-0.39, 0.29) is 6.61 Å². The Morgan fingerprint density at radius 3 is 2.87 bits per heavy atom. The lowest BCUT2D eigenvalue weighted by molar-refractivity contribution is -0.320. The number of hydrogen-bond acceptors (Lipinski definition) is 7. The Morgan fingerprint density at radius 2 is 2.27 bits per heavy atom. The van der Waals surface area contributed by atoms with Crippen molar-refractivity contribution in [3.8, 4) is 0 Å². The summed E-state index contributed by atoms with van der Waals surface area (Å²) >= 11 is 0. The smallest absolute Gasteiger partial charge is 0.373 e. The first-order valence-electron chi connectivity index (χ1n) is 4.53. The zero-order chi connectivity index (χ0) is 11.0. The minimum atomic E-state index is -1.07. The molecule has 0 aromatic heterocycles. The lowest BCUT2D eigenvalue weighted by Crippen LogP contribution is -2.59. The first kappa shape index (κ1) is 10.8. The second-order valence-corrected chi connectivity index (χ2v) is 3.43. The van der Waals surface area contributed by atoms with Crippen molar-refractivity contribution in [2.45, 2.75) is 30.5 Å². The fourth-order valence-corrected chi connectivity index (χ4v) is 1.80. The van der Waals surface area contributed by atoms with Crippen LogP contribution in [0.5, 0.6) is 0 Å². The van der Waals surface area contributed by atoms with Crippen molar-refractivity contribution < 1.29 is 34.3 Å². The van der Waals surface area contributed by atoms with Gasteiger partial charge in [-0.25, -0.2) is 4.79 Å². The van der Waals surface area contributed by atoms with Crippen LogP contribution in [-0.2, 0) is 24.0 Å². The van der Waals surface area contributed by atoms with Gasteiger partial charge in [0.2, 0.25) is 0 Å². The Morgan fingerprint density at radius 1 is 1.53 bits per heavy atom. The average Bonchev–Trinajstić information content (AvgIpc) is 2.46. The molecule has 0 aromatic carbocycles. The molecule has 7 heteroatoms. The minimum absolute atomic E-state index is 0.370. The average molecular weight is 220 g/mol. The second-order valence-electron chi connectivity index (χ2n) is 3.43. The number of fused-ring (bicyclic) bond motifs is 4. The molecular formula is C8H12O7. The molecule has 0 radical (unpaired) electrons. The third-order valence-corrected chi connectivity index (χ3v) is 2.59. The van der Waals surface area contributed by atoms with E-state index in [0.29, 0.717) is 0 Å². The van der Waals surface area contributed by atoms with E-state index in [1.165, 1.54) is 7.11 Å². The monoisotopic (exact) mass is 220 g/mol. The van der Waals surface area contributed by atoms with E-state index in [1.807, 2.05) is 0 Å². The van der Waals surface area contributed by atoms with Crippen LogP contribution in [0.15, 0.2) is 0 Å². The lowest BCUT2D eigenvalue weighted by Gasteiger charge is -2.36. The molecule has 0 aliphatic carbocycles. The van der Waals surface area contributed by atoms with Gasteiger partial charge in [-0.1, -0.05) is 0 Å². The molecule has 3 fully saturated rings. The topological polar surface area (TPSA) is 94.5 Å². The van der Waals surface area contributed by atoms with E-state index in [2.05, 4.69) is 9.78 Å². The quantitative estimate of drug-likeness (QED) is 0.518. The fraction of sp³-hybridized carbons (Fsp3) is 0.875. The number of aliphatic hydroxyl groups excluding tert-OH is 2. The standard InChI is InChI=1S/C8H12O7/c1-12-6-4(10)5-3(2-9)13-7(6)8(11)15-14-5/h3-7,9-10H,2H2,1H3. The maximum Gasteiger partial charge on any atom is 0.373 e. The van der Waals surface area contributed by atoms with Crippen LogP contribution >= 0.6 is 0 Å². The Balaban J connectivity index is 2.27. The Labute approximate surface area is 85.4 Å². The molecule has 2 bridgehead atoms. The van der Waals surface area contributed by atoms with Crippen LogP contribution in [0, 0.1) is 0 Å². The van der Waals surface area contributed by atoms with Crippen molar-refractivity contribution in [2.24, 2.45) is 0 Å². The number of aliphatic hydroxyl groups is 2. The van der Waals surface area contributed by atoms with E-state index < -0.39 is 36.5 Å². The molecule has 5 atom stereocenters. The highest BCUT2D eigenvalue weighted by atomic mass is 17.2. The van der Waals surface area contributed by atoms with Gasteiger partial charge in [-0.2, -0.15) is 4.89 Å². The van der Waals surface area contributed by atoms with Crippen LogP contribution < -0.4 is 0 Å². The molecule has 3 heterocycles. The third kappa shape index (κ3) is 1.62. The van der Waals surface area contributed by atoms with Crippen molar-refractivity contribution in [3.05, 3.63) is 0 Å². The zero-order valence-electron chi connectivity index (χ0n) is 8.03. The predicted octanol–water partition coefficient (Wildman–Crippen LogP) is -2.02. The van der Waals surface area contributed by atoms with E-state index in [9.17, 15) is 9.90 Å². The van der Waals surface area contributed by atoms with Gasteiger partial charge in [0.1, 0.15) is 18.3 Å². The summed E-state index contributed by atoms with van der Waals surface area (Å²) in [5.41, 5.74) is 0. The molecule has 7 nitrogen and oxygen atoms in total. The Bertz CT molecular complexity index is 255. The predicted molar refractivity (Wildman–Crippen MR) is 43.5 cm³/mol. The SMILES string of the molecule is COC1C2OC(CO)C(OOC2=O)C1O. The molecule has 0 saturated carbocycles. The summed E-state index contributed by atoms with van der Waals surface area (Å²) < 4.78 is 10.2. The summed E-state index contributed by atoms with van der Waals surface area (Å²) in [7, 11) is 1.35. The van der Waals surface area contributed by atoms with Crippen LogP contribution in [-0.4, -0.2) is 60.4 Å². The minimum Gasteiger partial charge on any atom is -0.394 e. The number of rotatable bonds is 2. The van der Waals surface area contributed by atoms with Crippen molar-refractivity contribution in [2.75, 3.05) is 13.7 Å². The van der Waals surface area contributed by atoms with Crippen LogP contribution in [0.3, 0.4) is 0 Å². The van der Waals surface area contributed by atoms with Gasteiger partial charge < -0.3 is 19.7 Å².